The molecule has 0 aromatic heterocycles. The summed E-state index contributed by atoms with van der Waals surface area (Å²) < 4.78 is 42.9. The fourth-order valence-electron chi connectivity index (χ4n) is 1.38. The van der Waals surface area contributed by atoms with Crippen LogP contribution in [0.3, 0.4) is 0 Å². The number of halogens is 1. The van der Waals surface area contributed by atoms with E-state index in [2.05, 4.69) is 9.46 Å². The normalized spacial score (nSPS) is 11.1. The topological polar surface area (TPSA) is 72.5 Å². The first-order valence-corrected chi connectivity index (χ1v) is 6.93. The van der Waals surface area contributed by atoms with Crippen LogP contribution in [0.25, 0.3) is 0 Å². The molecule has 1 rings (SSSR count). The van der Waals surface area contributed by atoms with Crippen molar-refractivity contribution in [1.82, 2.24) is 0 Å². The third-order valence-corrected chi connectivity index (χ3v) is 3.60. The van der Waals surface area contributed by atoms with Gasteiger partial charge < -0.3 is 4.74 Å². The van der Waals surface area contributed by atoms with E-state index in [9.17, 15) is 17.6 Å². The molecule has 0 amide bonds. The molecule has 7 heteroatoms. The summed E-state index contributed by atoms with van der Waals surface area (Å²) in [6.07, 6.45) is 0.415. The minimum absolute atomic E-state index is 0.0291. The van der Waals surface area contributed by atoms with Crippen molar-refractivity contribution >= 4 is 21.7 Å². The Kier molecular flexibility index (Phi) is 4.66. The summed E-state index contributed by atoms with van der Waals surface area (Å²) in [5.74, 6) is -1.48. The molecule has 0 heterocycles. The smallest absolute Gasteiger partial charge is 0.339 e. The molecular formula is C11H14FNO4S. The van der Waals surface area contributed by atoms with Gasteiger partial charge in [0.25, 0.3) is 0 Å². The van der Waals surface area contributed by atoms with E-state index in [4.69, 9.17) is 0 Å². The first kappa shape index (κ1) is 14.4. The summed E-state index contributed by atoms with van der Waals surface area (Å²) in [5, 5.41) is 0. The van der Waals surface area contributed by atoms with Crippen LogP contribution in [0.5, 0.6) is 0 Å². The van der Waals surface area contributed by atoms with Crippen LogP contribution in [-0.4, -0.2) is 27.2 Å². The van der Waals surface area contributed by atoms with Gasteiger partial charge in [-0.05, 0) is 24.6 Å². The van der Waals surface area contributed by atoms with E-state index in [1.54, 1.807) is 6.92 Å². The Morgan fingerprint density at radius 2 is 2.11 bits per heavy atom. The molecule has 0 aliphatic heterocycles. The molecule has 1 aromatic carbocycles. The maximum absolute atomic E-state index is 13.1. The van der Waals surface area contributed by atoms with Gasteiger partial charge in [-0.1, -0.05) is 6.92 Å². The third-order valence-electron chi connectivity index (χ3n) is 2.13. The zero-order chi connectivity index (χ0) is 13.8. The predicted octanol–water partition coefficient (Wildman–Crippen LogP) is 1.76. The van der Waals surface area contributed by atoms with Crippen LogP contribution in [0.15, 0.2) is 18.2 Å². The number of methoxy groups -OCH3 is 1. The lowest BCUT2D eigenvalue weighted by Gasteiger charge is -2.11. The quantitative estimate of drug-likeness (QED) is 0.831. The molecular weight excluding hydrogens is 261 g/mol. The molecule has 18 heavy (non-hydrogen) atoms. The lowest BCUT2D eigenvalue weighted by atomic mass is 10.2. The SMILES string of the molecule is CCCS(=O)(=O)Nc1cc(F)ccc1C(=O)OC. The monoisotopic (exact) mass is 275 g/mol. The molecule has 1 aromatic rings. The fourth-order valence-corrected chi connectivity index (χ4v) is 2.52. The number of rotatable bonds is 5. The highest BCUT2D eigenvalue weighted by atomic mass is 32.2. The van der Waals surface area contributed by atoms with Gasteiger partial charge in [-0.25, -0.2) is 17.6 Å². The standard InChI is InChI=1S/C11H14FNO4S/c1-3-6-18(15,16)13-10-7-8(12)4-5-9(10)11(14)17-2/h4-5,7,13H,3,6H2,1-2H3. The molecule has 100 valence electrons. The van der Waals surface area contributed by atoms with Crippen LogP contribution in [0.2, 0.25) is 0 Å². The summed E-state index contributed by atoms with van der Waals surface area (Å²) in [6, 6.07) is 3.17. The third kappa shape index (κ3) is 3.69. The number of benzene rings is 1. The first-order chi connectivity index (χ1) is 8.39. The number of ether oxygens (including phenoxy) is 1. The fraction of sp³-hybridized carbons (Fsp3) is 0.364. The van der Waals surface area contributed by atoms with Crippen molar-refractivity contribution in [2.45, 2.75) is 13.3 Å². The Morgan fingerprint density at radius 3 is 2.67 bits per heavy atom. The van der Waals surface area contributed by atoms with Crippen LogP contribution in [-0.2, 0) is 14.8 Å². The zero-order valence-electron chi connectivity index (χ0n) is 10.1. The average molecular weight is 275 g/mol. The Balaban J connectivity index is 3.14. The van der Waals surface area contributed by atoms with Crippen LogP contribution >= 0.6 is 0 Å². The van der Waals surface area contributed by atoms with Gasteiger partial charge in [0.15, 0.2) is 0 Å². The van der Waals surface area contributed by atoms with Gasteiger partial charge in [-0.3, -0.25) is 4.72 Å². The van der Waals surface area contributed by atoms with Crippen LogP contribution in [0.1, 0.15) is 23.7 Å². The second-order valence-electron chi connectivity index (χ2n) is 3.60. The second kappa shape index (κ2) is 5.81. The maximum Gasteiger partial charge on any atom is 0.339 e. The van der Waals surface area contributed by atoms with E-state index in [1.165, 1.54) is 6.07 Å². The minimum atomic E-state index is -3.59. The lowest BCUT2D eigenvalue weighted by Crippen LogP contribution is -2.18. The van der Waals surface area contributed by atoms with E-state index in [1.807, 2.05) is 0 Å². The van der Waals surface area contributed by atoms with Crippen LogP contribution in [0, 0.1) is 5.82 Å². The number of hydrogen-bond acceptors (Lipinski definition) is 4. The van der Waals surface area contributed by atoms with E-state index in [-0.39, 0.29) is 17.0 Å². The van der Waals surface area contributed by atoms with Gasteiger partial charge in [-0.2, -0.15) is 0 Å². The van der Waals surface area contributed by atoms with Gasteiger partial charge >= 0.3 is 5.97 Å². The van der Waals surface area contributed by atoms with Crippen molar-refractivity contribution in [1.29, 1.82) is 0 Å². The van der Waals surface area contributed by atoms with Gasteiger partial charge in [0, 0.05) is 0 Å². The van der Waals surface area contributed by atoms with Crippen molar-refractivity contribution < 1.29 is 22.3 Å². The summed E-state index contributed by atoms with van der Waals surface area (Å²) >= 11 is 0. The molecule has 0 fully saturated rings. The van der Waals surface area contributed by atoms with Crippen molar-refractivity contribution in [2.24, 2.45) is 0 Å². The first-order valence-electron chi connectivity index (χ1n) is 5.28. The number of sulfonamides is 1. The van der Waals surface area contributed by atoms with Crippen molar-refractivity contribution in [3.05, 3.63) is 29.6 Å². The van der Waals surface area contributed by atoms with E-state index < -0.39 is 21.8 Å². The van der Waals surface area contributed by atoms with Crippen LogP contribution in [0.4, 0.5) is 10.1 Å². The van der Waals surface area contributed by atoms with Crippen molar-refractivity contribution in [2.75, 3.05) is 17.6 Å². The largest absolute Gasteiger partial charge is 0.465 e. The molecule has 0 saturated carbocycles. The molecule has 0 radical (unpaired) electrons. The summed E-state index contributed by atoms with van der Waals surface area (Å²) in [4.78, 5) is 11.4. The number of anilines is 1. The Bertz CT molecular complexity index is 542. The number of carbonyl (C=O) groups excluding carboxylic acids is 1. The molecule has 0 saturated heterocycles. The lowest BCUT2D eigenvalue weighted by molar-refractivity contribution is 0.0602. The second-order valence-corrected chi connectivity index (χ2v) is 5.44. The van der Waals surface area contributed by atoms with E-state index >= 15 is 0 Å². The van der Waals surface area contributed by atoms with Gasteiger partial charge in [0.05, 0.1) is 24.1 Å². The van der Waals surface area contributed by atoms with Crippen molar-refractivity contribution in [3.8, 4) is 0 Å². The highest BCUT2D eigenvalue weighted by Gasteiger charge is 2.17. The Labute approximate surface area is 105 Å². The summed E-state index contributed by atoms with van der Waals surface area (Å²) in [6.45, 7) is 1.70. The van der Waals surface area contributed by atoms with Crippen LogP contribution < -0.4 is 4.72 Å². The molecule has 0 unspecified atom stereocenters. The van der Waals surface area contributed by atoms with Crippen molar-refractivity contribution in [3.63, 3.8) is 0 Å². The Hall–Kier alpha value is -1.63. The molecule has 1 N–H and O–H groups in total. The number of nitrogens with one attached hydrogen (secondary N) is 1. The predicted molar refractivity (Wildman–Crippen MR) is 65.4 cm³/mol. The molecule has 0 aliphatic carbocycles. The highest BCUT2D eigenvalue weighted by molar-refractivity contribution is 7.92. The molecule has 0 atom stereocenters. The van der Waals surface area contributed by atoms with Gasteiger partial charge in [-0.15, -0.1) is 0 Å². The zero-order valence-corrected chi connectivity index (χ0v) is 10.9. The van der Waals surface area contributed by atoms with E-state index in [0.717, 1.165) is 19.2 Å². The molecule has 5 nitrogen and oxygen atoms in total. The number of carbonyl (C=O) groups is 1. The molecule has 0 aliphatic rings. The van der Waals surface area contributed by atoms with Gasteiger partial charge in [0.2, 0.25) is 10.0 Å². The minimum Gasteiger partial charge on any atom is -0.465 e. The summed E-state index contributed by atoms with van der Waals surface area (Å²) in [7, 11) is -2.43. The average Bonchev–Trinajstić information content (AvgIpc) is 2.27. The highest BCUT2D eigenvalue weighted by Crippen LogP contribution is 2.19. The number of esters is 1. The molecule has 0 spiro atoms. The Morgan fingerprint density at radius 1 is 1.44 bits per heavy atom. The maximum atomic E-state index is 13.1. The summed E-state index contributed by atoms with van der Waals surface area (Å²) in [5.41, 5.74) is -0.145. The van der Waals surface area contributed by atoms with Gasteiger partial charge in [0.1, 0.15) is 5.82 Å². The van der Waals surface area contributed by atoms with E-state index in [0.29, 0.717) is 6.42 Å². The number of hydrogen-bond donors (Lipinski definition) is 1. The molecule has 0 bridgehead atoms.